The van der Waals surface area contributed by atoms with Gasteiger partial charge in [0.2, 0.25) is 5.91 Å². The highest BCUT2D eigenvalue weighted by Crippen LogP contribution is 2.00. The molecule has 0 radical (unpaired) electrons. The SMILES string of the molecule is NC(=O)/C=C\c1ccoc1. The highest BCUT2D eigenvalue weighted by Gasteiger charge is 1.86. The lowest BCUT2D eigenvalue weighted by Gasteiger charge is -1.78. The van der Waals surface area contributed by atoms with Crippen LogP contribution in [0.3, 0.4) is 0 Å². The van der Waals surface area contributed by atoms with E-state index in [2.05, 4.69) is 0 Å². The summed E-state index contributed by atoms with van der Waals surface area (Å²) in [6, 6.07) is 1.74. The van der Waals surface area contributed by atoms with Crippen LogP contribution in [0.1, 0.15) is 5.56 Å². The number of carbonyl (C=O) groups excluding carboxylic acids is 1. The van der Waals surface area contributed by atoms with Crippen molar-refractivity contribution in [1.82, 2.24) is 0 Å². The zero-order valence-corrected chi connectivity index (χ0v) is 5.28. The summed E-state index contributed by atoms with van der Waals surface area (Å²) in [6.07, 6.45) is 5.93. The molecular formula is C7H7NO2. The molecule has 0 aliphatic carbocycles. The van der Waals surface area contributed by atoms with Crippen molar-refractivity contribution in [2.24, 2.45) is 5.73 Å². The number of hydrogen-bond donors (Lipinski definition) is 1. The number of furan rings is 1. The Morgan fingerprint density at radius 2 is 2.50 bits per heavy atom. The van der Waals surface area contributed by atoms with Crippen molar-refractivity contribution < 1.29 is 9.21 Å². The summed E-state index contributed by atoms with van der Waals surface area (Å²) in [6.45, 7) is 0. The third-order valence-electron chi connectivity index (χ3n) is 0.983. The van der Waals surface area contributed by atoms with E-state index in [0.29, 0.717) is 0 Å². The summed E-state index contributed by atoms with van der Waals surface area (Å²) in [5.74, 6) is -0.457. The van der Waals surface area contributed by atoms with Gasteiger partial charge in [-0.2, -0.15) is 0 Å². The Hall–Kier alpha value is -1.51. The van der Waals surface area contributed by atoms with Crippen LogP contribution < -0.4 is 5.73 Å². The van der Waals surface area contributed by atoms with E-state index in [4.69, 9.17) is 10.2 Å². The van der Waals surface area contributed by atoms with E-state index in [1.165, 1.54) is 18.6 Å². The number of amides is 1. The molecule has 0 saturated carbocycles. The third kappa shape index (κ3) is 1.78. The monoisotopic (exact) mass is 137 g/mol. The Kier molecular flexibility index (Phi) is 1.89. The average molecular weight is 137 g/mol. The van der Waals surface area contributed by atoms with Gasteiger partial charge >= 0.3 is 0 Å². The Labute approximate surface area is 58.1 Å². The molecule has 2 N–H and O–H groups in total. The van der Waals surface area contributed by atoms with Gasteiger partial charge in [-0.3, -0.25) is 4.79 Å². The van der Waals surface area contributed by atoms with Crippen LogP contribution in [0.15, 0.2) is 29.1 Å². The standard InChI is InChI=1S/C7H7NO2/c8-7(9)2-1-6-3-4-10-5-6/h1-5H,(H2,8,9)/b2-1-. The van der Waals surface area contributed by atoms with Crippen LogP contribution in [0.4, 0.5) is 0 Å². The largest absolute Gasteiger partial charge is 0.472 e. The van der Waals surface area contributed by atoms with Crippen LogP contribution in [0, 0.1) is 0 Å². The highest BCUT2D eigenvalue weighted by atomic mass is 16.3. The molecule has 0 aliphatic rings. The van der Waals surface area contributed by atoms with Crippen LogP contribution in [0.2, 0.25) is 0 Å². The van der Waals surface area contributed by atoms with E-state index in [-0.39, 0.29) is 0 Å². The first-order valence-electron chi connectivity index (χ1n) is 2.79. The van der Waals surface area contributed by atoms with Gasteiger partial charge in [0.05, 0.1) is 12.5 Å². The predicted molar refractivity (Wildman–Crippen MR) is 36.9 cm³/mol. The quantitative estimate of drug-likeness (QED) is 0.612. The number of nitrogens with two attached hydrogens (primary N) is 1. The predicted octanol–water partition coefficient (Wildman–Crippen LogP) is 0.778. The summed E-state index contributed by atoms with van der Waals surface area (Å²) < 4.78 is 4.74. The van der Waals surface area contributed by atoms with Crippen molar-refractivity contribution in [3.8, 4) is 0 Å². The summed E-state index contributed by atoms with van der Waals surface area (Å²) in [7, 11) is 0. The molecule has 0 aliphatic heterocycles. The lowest BCUT2D eigenvalue weighted by atomic mass is 10.3. The fraction of sp³-hybridized carbons (Fsp3) is 0. The molecule has 0 unspecified atom stereocenters. The Morgan fingerprint density at radius 3 is 3.00 bits per heavy atom. The number of hydrogen-bond acceptors (Lipinski definition) is 2. The molecular weight excluding hydrogens is 130 g/mol. The van der Waals surface area contributed by atoms with Crippen molar-refractivity contribution in [2.45, 2.75) is 0 Å². The van der Waals surface area contributed by atoms with Crippen molar-refractivity contribution in [3.05, 3.63) is 30.2 Å². The summed E-state index contributed by atoms with van der Waals surface area (Å²) in [5.41, 5.74) is 5.68. The van der Waals surface area contributed by atoms with Crippen LogP contribution in [0.25, 0.3) is 6.08 Å². The molecule has 1 heterocycles. The average Bonchev–Trinajstić information content (AvgIpc) is 2.34. The Bertz CT molecular complexity index is 236. The molecule has 0 saturated heterocycles. The smallest absolute Gasteiger partial charge is 0.241 e. The van der Waals surface area contributed by atoms with Gasteiger partial charge in [-0.25, -0.2) is 0 Å². The maximum atomic E-state index is 10.2. The van der Waals surface area contributed by atoms with Gasteiger partial charge in [0.15, 0.2) is 0 Å². The first-order valence-corrected chi connectivity index (χ1v) is 2.79. The zero-order chi connectivity index (χ0) is 7.40. The first-order chi connectivity index (χ1) is 4.79. The lowest BCUT2D eigenvalue weighted by Crippen LogP contribution is -2.04. The normalized spacial score (nSPS) is 10.4. The molecule has 0 bridgehead atoms. The van der Waals surface area contributed by atoms with Crippen molar-refractivity contribution in [1.29, 1.82) is 0 Å². The van der Waals surface area contributed by atoms with Crippen molar-refractivity contribution >= 4 is 12.0 Å². The van der Waals surface area contributed by atoms with E-state index in [1.54, 1.807) is 12.1 Å². The van der Waals surface area contributed by atoms with E-state index >= 15 is 0 Å². The minimum absolute atomic E-state index is 0.457. The molecule has 1 aromatic heterocycles. The molecule has 52 valence electrons. The number of carbonyl (C=O) groups is 1. The second kappa shape index (κ2) is 2.87. The number of primary amides is 1. The highest BCUT2D eigenvalue weighted by molar-refractivity contribution is 5.90. The van der Waals surface area contributed by atoms with Gasteiger partial charge in [-0.05, 0) is 12.1 Å². The van der Waals surface area contributed by atoms with Gasteiger partial charge in [0.1, 0.15) is 0 Å². The van der Waals surface area contributed by atoms with Crippen LogP contribution >= 0.6 is 0 Å². The topological polar surface area (TPSA) is 56.2 Å². The molecule has 0 atom stereocenters. The van der Waals surface area contributed by atoms with E-state index in [9.17, 15) is 4.79 Å². The van der Waals surface area contributed by atoms with Crippen LogP contribution in [0.5, 0.6) is 0 Å². The molecule has 1 aromatic rings. The van der Waals surface area contributed by atoms with E-state index in [1.807, 2.05) is 0 Å². The second-order valence-corrected chi connectivity index (χ2v) is 1.79. The minimum atomic E-state index is -0.457. The third-order valence-corrected chi connectivity index (χ3v) is 0.983. The summed E-state index contributed by atoms with van der Waals surface area (Å²) in [4.78, 5) is 10.2. The Morgan fingerprint density at radius 1 is 1.70 bits per heavy atom. The van der Waals surface area contributed by atoms with Gasteiger partial charge in [-0.1, -0.05) is 0 Å². The van der Waals surface area contributed by atoms with Crippen molar-refractivity contribution in [2.75, 3.05) is 0 Å². The molecule has 0 aromatic carbocycles. The van der Waals surface area contributed by atoms with Crippen LogP contribution in [-0.4, -0.2) is 5.91 Å². The fourth-order valence-corrected chi connectivity index (χ4v) is 0.548. The van der Waals surface area contributed by atoms with E-state index in [0.717, 1.165) is 5.56 Å². The lowest BCUT2D eigenvalue weighted by molar-refractivity contribution is -0.113. The molecule has 0 fully saturated rings. The summed E-state index contributed by atoms with van der Waals surface area (Å²) >= 11 is 0. The fourth-order valence-electron chi connectivity index (χ4n) is 0.548. The molecule has 1 amide bonds. The molecule has 3 nitrogen and oxygen atoms in total. The molecule has 0 spiro atoms. The molecule has 10 heavy (non-hydrogen) atoms. The zero-order valence-electron chi connectivity index (χ0n) is 5.28. The van der Waals surface area contributed by atoms with Gasteiger partial charge in [-0.15, -0.1) is 0 Å². The van der Waals surface area contributed by atoms with Gasteiger partial charge in [0.25, 0.3) is 0 Å². The van der Waals surface area contributed by atoms with Crippen molar-refractivity contribution in [3.63, 3.8) is 0 Å². The Balaban J connectivity index is 2.64. The first kappa shape index (κ1) is 6.61. The maximum Gasteiger partial charge on any atom is 0.241 e. The summed E-state index contributed by atoms with van der Waals surface area (Å²) in [5, 5.41) is 0. The van der Waals surface area contributed by atoms with Crippen LogP contribution in [-0.2, 0) is 4.79 Å². The van der Waals surface area contributed by atoms with E-state index < -0.39 is 5.91 Å². The van der Waals surface area contributed by atoms with Gasteiger partial charge in [0, 0.05) is 11.6 Å². The maximum absolute atomic E-state index is 10.2. The van der Waals surface area contributed by atoms with Gasteiger partial charge < -0.3 is 10.2 Å². The number of rotatable bonds is 2. The molecule has 3 heteroatoms. The molecule has 1 rings (SSSR count). The minimum Gasteiger partial charge on any atom is -0.472 e. The second-order valence-electron chi connectivity index (χ2n) is 1.79.